The molecule has 0 aliphatic carbocycles. The number of nitrogens with zero attached hydrogens (tertiary/aromatic N) is 1. The molecule has 1 rings (SSSR count). The van der Waals surface area contributed by atoms with Crippen LogP contribution in [0.1, 0.15) is 26.3 Å². The first kappa shape index (κ1) is 16.5. The topological polar surface area (TPSA) is 38.8 Å². The summed E-state index contributed by atoms with van der Waals surface area (Å²) in [6.07, 6.45) is 0. The molecule has 0 fully saturated rings. The lowest BCUT2D eigenvalue weighted by atomic mass is 10.2. The maximum absolute atomic E-state index is 11.5. The van der Waals surface area contributed by atoms with Gasteiger partial charge >= 0.3 is 5.97 Å². The minimum atomic E-state index is -0.184. The Morgan fingerprint density at radius 1 is 1.25 bits per heavy atom. The Morgan fingerprint density at radius 2 is 1.90 bits per heavy atom. The second kappa shape index (κ2) is 8.59. The average Bonchev–Trinajstić information content (AvgIpc) is 2.40. The second-order valence-electron chi connectivity index (χ2n) is 5.03. The fourth-order valence-corrected chi connectivity index (χ4v) is 1.81. The van der Waals surface area contributed by atoms with Gasteiger partial charge in [-0.1, -0.05) is 17.7 Å². The van der Waals surface area contributed by atoms with Crippen LogP contribution in [0.5, 0.6) is 5.75 Å². The van der Waals surface area contributed by atoms with Crippen LogP contribution in [0.2, 0.25) is 0 Å². The van der Waals surface area contributed by atoms with Gasteiger partial charge in [0.2, 0.25) is 0 Å². The number of rotatable bonds is 8. The monoisotopic (exact) mass is 279 g/mol. The number of hydrogen-bond donors (Lipinski definition) is 0. The average molecular weight is 279 g/mol. The molecule has 0 unspecified atom stereocenters. The molecule has 0 saturated carbocycles. The van der Waals surface area contributed by atoms with Crippen molar-refractivity contribution in [3.05, 3.63) is 29.8 Å². The van der Waals surface area contributed by atoms with Gasteiger partial charge in [-0.3, -0.25) is 9.69 Å². The molecule has 0 heterocycles. The molecule has 0 amide bonds. The van der Waals surface area contributed by atoms with Crippen molar-refractivity contribution in [2.24, 2.45) is 0 Å². The van der Waals surface area contributed by atoms with E-state index in [1.54, 1.807) is 0 Å². The zero-order valence-corrected chi connectivity index (χ0v) is 12.9. The molecule has 0 saturated heterocycles. The van der Waals surface area contributed by atoms with E-state index in [0.29, 0.717) is 26.3 Å². The van der Waals surface area contributed by atoms with E-state index in [1.165, 1.54) is 5.56 Å². The van der Waals surface area contributed by atoms with Crippen LogP contribution in [-0.2, 0) is 9.53 Å². The predicted octanol–water partition coefficient (Wildman–Crippen LogP) is 2.65. The highest BCUT2D eigenvalue weighted by Gasteiger charge is 2.14. The maximum Gasteiger partial charge on any atom is 0.320 e. The Morgan fingerprint density at radius 3 is 2.45 bits per heavy atom. The summed E-state index contributed by atoms with van der Waals surface area (Å²) < 4.78 is 10.7. The standard InChI is InChI=1S/C16H25NO3/c1-5-19-16(18)12-17(13(2)3)10-11-20-15-8-6-14(4)7-9-15/h6-9,13H,5,10-12H2,1-4H3. The Bertz CT molecular complexity index is 401. The lowest BCUT2D eigenvalue weighted by Crippen LogP contribution is -2.39. The zero-order valence-electron chi connectivity index (χ0n) is 12.9. The van der Waals surface area contributed by atoms with Crippen LogP contribution in [0.4, 0.5) is 0 Å². The molecule has 0 aliphatic rings. The van der Waals surface area contributed by atoms with Crippen LogP contribution in [0, 0.1) is 6.92 Å². The smallest absolute Gasteiger partial charge is 0.320 e. The molecule has 0 bridgehead atoms. The summed E-state index contributed by atoms with van der Waals surface area (Å²) >= 11 is 0. The molecule has 112 valence electrons. The third-order valence-corrected chi connectivity index (χ3v) is 3.04. The first-order valence-electron chi connectivity index (χ1n) is 7.12. The quantitative estimate of drug-likeness (QED) is 0.686. The number of carbonyl (C=O) groups is 1. The van der Waals surface area contributed by atoms with Crippen LogP contribution < -0.4 is 4.74 Å². The summed E-state index contributed by atoms with van der Waals surface area (Å²) in [7, 11) is 0. The van der Waals surface area contributed by atoms with Gasteiger partial charge in [0.25, 0.3) is 0 Å². The van der Waals surface area contributed by atoms with E-state index in [0.717, 1.165) is 5.75 Å². The molecule has 0 spiro atoms. The number of ether oxygens (including phenoxy) is 2. The van der Waals surface area contributed by atoms with E-state index in [9.17, 15) is 4.79 Å². The van der Waals surface area contributed by atoms with Gasteiger partial charge in [-0.05, 0) is 39.8 Å². The van der Waals surface area contributed by atoms with Gasteiger partial charge in [0, 0.05) is 12.6 Å². The van der Waals surface area contributed by atoms with Crippen molar-refractivity contribution < 1.29 is 14.3 Å². The van der Waals surface area contributed by atoms with Gasteiger partial charge in [-0.15, -0.1) is 0 Å². The van der Waals surface area contributed by atoms with Gasteiger partial charge in [0.1, 0.15) is 12.4 Å². The van der Waals surface area contributed by atoms with Gasteiger partial charge in [0.15, 0.2) is 0 Å². The first-order chi connectivity index (χ1) is 9.52. The first-order valence-corrected chi connectivity index (χ1v) is 7.12. The molecule has 4 nitrogen and oxygen atoms in total. The number of hydrogen-bond acceptors (Lipinski definition) is 4. The normalized spacial score (nSPS) is 10.9. The van der Waals surface area contributed by atoms with Crippen molar-refractivity contribution in [1.82, 2.24) is 4.90 Å². The fourth-order valence-electron chi connectivity index (χ4n) is 1.81. The number of esters is 1. The summed E-state index contributed by atoms with van der Waals surface area (Å²) in [6.45, 7) is 9.97. The predicted molar refractivity (Wildman–Crippen MR) is 80.0 cm³/mol. The summed E-state index contributed by atoms with van der Waals surface area (Å²) in [4.78, 5) is 13.6. The van der Waals surface area contributed by atoms with Crippen molar-refractivity contribution in [3.63, 3.8) is 0 Å². The molecular weight excluding hydrogens is 254 g/mol. The Balaban J connectivity index is 2.39. The van der Waals surface area contributed by atoms with E-state index in [1.807, 2.05) is 43.0 Å². The lowest BCUT2D eigenvalue weighted by Gasteiger charge is -2.25. The van der Waals surface area contributed by atoms with Crippen LogP contribution >= 0.6 is 0 Å². The Labute approximate surface area is 121 Å². The molecule has 4 heteroatoms. The molecule has 0 aliphatic heterocycles. The summed E-state index contributed by atoms with van der Waals surface area (Å²) in [5, 5.41) is 0. The van der Waals surface area contributed by atoms with Crippen LogP contribution in [0.3, 0.4) is 0 Å². The number of carbonyl (C=O) groups excluding carboxylic acids is 1. The van der Waals surface area contributed by atoms with Crippen molar-refractivity contribution in [1.29, 1.82) is 0 Å². The van der Waals surface area contributed by atoms with Crippen molar-refractivity contribution >= 4 is 5.97 Å². The zero-order chi connectivity index (χ0) is 15.0. The number of aryl methyl sites for hydroxylation is 1. The fraction of sp³-hybridized carbons (Fsp3) is 0.562. The van der Waals surface area contributed by atoms with E-state index in [-0.39, 0.29) is 12.0 Å². The van der Waals surface area contributed by atoms with Crippen molar-refractivity contribution in [2.75, 3.05) is 26.3 Å². The van der Waals surface area contributed by atoms with Crippen LogP contribution in [0.25, 0.3) is 0 Å². The highest BCUT2D eigenvalue weighted by atomic mass is 16.5. The molecule has 0 aromatic heterocycles. The third kappa shape index (κ3) is 6.06. The molecule has 20 heavy (non-hydrogen) atoms. The van der Waals surface area contributed by atoms with Gasteiger partial charge < -0.3 is 9.47 Å². The van der Waals surface area contributed by atoms with Gasteiger partial charge in [-0.25, -0.2) is 0 Å². The molecule has 0 N–H and O–H groups in total. The maximum atomic E-state index is 11.5. The van der Waals surface area contributed by atoms with Crippen LogP contribution in [-0.4, -0.2) is 43.2 Å². The van der Waals surface area contributed by atoms with Crippen molar-refractivity contribution in [3.8, 4) is 5.75 Å². The van der Waals surface area contributed by atoms with E-state index in [4.69, 9.17) is 9.47 Å². The number of benzene rings is 1. The summed E-state index contributed by atoms with van der Waals surface area (Å²) in [5.41, 5.74) is 1.21. The molecule has 0 atom stereocenters. The SMILES string of the molecule is CCOC(=O)CN(CCOc1ccc(C)cc1)C(C)C. The largest absolute Gasteiger partial charge is 0.492 e. The molecular formula is C16H25NO3. The van der Waals surface area contributed by atoms with Crippen molar-refractivity contribution in [2.45, 2.75) is 33.7 Å². The molecule has 0 radical (unpaired) electrons. The Hall–Kier alpha value is -1.55. The van der Waals surface area contributed by atoms with Gasteiger partial charge in [-0.2, -0.15) is 0 Å². The molecule has 1 aromatic carbocycles. The van der Waals surface area contributed by atoms with Gasteiger partial charge in [0.05, 0.1) is 13.2 Å². The highest BCUT2D eigenvalue weighted by Crippen LogP contribution is 2.11. The summed E-state index contributed by atoms with van der Waals surface area (Å²) in [6, 6.07) is 8.24. The molecule has 1 aromatic rings. The third-order valence-electron chi connectivity index (χ3n) is 3.04. The summed E-state index contributed by atoms with van der Waals surface area (Å²) in [5.74, 6) is 0.673. The van der Waals surface area contributed by atoms with E-state index in [2.05, 4.69) is 13.8 Å². The minimum absolute atomic E-state index is 0.184. The van der Waals surface area contributed by atoms with Crippen LogP contribution in [0.15, 0.2) is 24.3 Å². The van der Waals surface area contributed by atoms with E-state index < -0.39 is 0 Å². The second-order valence-corrected chi connectivity index (χ2v) is 5.03. The Kier molecular flexibility index (Phi) is 7.09. The van der Waals surface area contributed by atoms with E-state index >= 15 is 0 Å². The lowest BCUT2D eigenvalue weighted by molar-refractivity contribution is -0.145. The minimum Gasteiger partial charge on any atom is -0.492 e. The highest BCUT2D eigenvalue weighted by molar-refractivity contribution is 5.71.